The molecule has 2 heterocycles. The zero-order valence-electron chi connectivity index (χ0n) is 14.2. The van der Waals surface area contributed by atoms with Crippen LogP contribution in [0.25, 0.3) is 0 Å². The van der Waals surface area contributed by atoms with Gasteiger partial charge in [-0.2, -0.15) is 0 Å². The Kier molecular flexibility index (Phi) is 10.1. The van der Waals surface area contributed by atoms with E-state index in [-0.39, 0.29) is 19.3 Å². The quantitative estimate of drug-likeness (QED) is 0.782. The molecule has 0 spiro atoms. The van der Waals surface area contributed by atoms with Crippen LogP contribution >= 0.6 is 0 Å². The van der Waals surface area contributed by atoms with Gasteiger partial charge in [-0.15, -0.1) is 0 Å². The van der Waals surface area contributed by atoms with Gasteiger partial charge in [0.25, 0.3) is 0 Å². The fourth-order valence-corrected chi connectivity index (χ4v) is 2.78. The number of likely N-dealkylation sites (tertiary alicyclic amines) is 2. The second-order valence-corrected chi connectivity index (χ2v) is 6.73. The first-order valence-corrected chi connectivity index (χ1v) is 8.51. The topological polar surface area (TPSA) is 40.6 Å². The monoisotopic (exact) mass is 312 g/mol. The number of hydrogen-bond acceptors (Lipinski definition) is 2. The number of hydrogen-bond donors (Lipinski definition) is 0. The number of nitrogens with zero attached hydrogens (tertiary/aromatic N) is 2. The molecule has 2 saturated heterocycles. The van der Waals surface area contributed by atoms with Crippen LogP contribution in [-0.4, -0.2) is 47.8 Å². The standard InChI is InChI=1S/C9H17NO.C8H15NO.CH4/c1-8(2)9(11)10-6-4-3-5-7-10;1-7(2)8(10)9-5-3-4-6-9;/h8H,3-7H2,1-2H3;7H,3-6H2,1-2H3;1H4. The van der Waals surface area contributed by atoms with Crippen LogP contribution in [0.3, 0.4) is 0 Å². The summed E-state index contributed by atoms with van der Waals surface area (Å²) in [5, 5.41) is 0. The van der Waals surface area contributed by atoms with Gasteiger partial charge in [0.1, 0.15) is 0 Å². The molecule has 0 atom stereocenters. The maximum absolute atomic E-state index is 11.4. The van der Waals surface area contributed by atoms with E-state index in [9.17, 15) is 9.59 Å². The summed E-state index contributed by atoms with van der Waals surface area (Å²) in [5.74, 6) is 0.994. The maximum Gasteiger partial charge on any atom is 0.225 e. The molecule has 0 aromatic heterocycles. The van der Waals surface area contributed by atoms with Crippen LogP contribution < -0.4 is 0 Å². The molecule has 130 valence electrons. The summed E-state index contributed by atoms with van der Waals surface area (Å²) in [5.41, 5.74) is 0. The van der Waals surface area contributed by atoms with Gasteiger partial charge in [0.05, 0.1) is 0 Å². The maximum atomic E-state index is 11.4. The highest BCUT2D eigenvalue weighted by Crippen LogP contribution is 2.12. The summed E-state index contributed by atoms with van der Waals surface area (Å²) in [6.45, 7) is 11.8. The lowest BCUT2D eigenvalue weighted by Gasteiger charge is -2.28. The van der Waals surface area contributed by atoms with E-state index >= 15 is 0 Å². The Morgan fingerprint density at radius 3 is 1.18 bits per heavy atom. The molecule has 2 amide bonds. The molecule has 2 aliphatic heterocycles. The van der Waals surface area contributed by atoms with Gasteiger partial charge < -0.3 is 9.80 Å². The van der Waals surface area contributed by atoms with E-state index in [0.29, 0.717) is 11.8 Å². The molecule has 4 nitrogen and oxygen atoms in total. The van der Waals surface area contributed by atoms with Gasteiger partial charge in [0, 0.05) is 38.0 Å². The third-order valence-electron chi connectivity index (χ3n) is 4.07. The van der Waals surface area contributed by atoms with Crippen molar-refractivity contribution in [2.75, 3.05) is 26.2 Å². The molecular weight excluding hydrogens is 276 g/mol. The molecule has 0 radical (unpaired) electrons. The van der Waals surface area contributed by atoms with Crippen molar-refractivity contribution in [1.82, 2.24) is 9.80 Å². The fraction of sp³-hybridized carbons (Fsp3) is 0.889. The Bertz CT molecular complexity index is 328. The molecule has 0 saturated carbocycles. The van der Waals surface area contributed by atoms with Crippen LogP contribution in [0.15, 0.2) is 0 Å². The number of carbonyl (C=O) groups excluding carboxylic acids is 2. The highest BCUT2D eigenvalue weighted by atomic mass is 16.2. The van der Waals surface area contributed by atoms with E-state index in [2.05, 4.69) is 0 Å². The van der Waals surface area contributed by atoms with Gasteiger partial charge in [-0.25, -0.2) is 0 Å². The van der Waals surface area contributed by atoms with Crippen LogP contribution in [0.2, 0.25) is 0 Å². The Balaban J connectivity index is 0.000000385. The summed E-state index contributed by atoms with van der Waals surface area (Å²) >= 11 is 0. The third-order valence-corrected chi connectivity index (χ3v) is 4.07. The van der Waals surface area contributed by atoms with Gasteiger partial charge in [0.15, 0.2) is 0 Å². The Hall–Kier alpha value is -1.06. The van der Waals surface area contributed by atoms with Gasteiger partial charge in [-0.05, 0) is 32.1 Å². The molecule has 0 N–H and O–H groups in total. The van der Waals surface area contributed by atoms with Crippen molar-refractivity contribution in [2.45, 2.75) is 67.2 Å². The van der Waals surface area contributed by atoms with Crippen LogP contribution in [0.1, 0.15) is 67.2 Å². The molecule has 2 fully saturated rings. The fourth-order valence-electron chi connectivity index (χ4n) is 2.78. The normalized spacial score (nSPS) is 17.9. The minimum Gasteiger partial charge on any atom is -0.342 e. The van der Waals surface area contributed by atoms with Crippen LogP contribution in [-0.2, 0) is 9.59 Å². The Morgan fingerprint density at radius 2 is 0.909 bits per heavy atom. The van der Waals surface area contributed by atoms with Crippen molar-refractivity contribution in [2.24, 2.45) is 11.8 Å². The predicted octanol–water partition coefficient (Wildman–Crippen LogP) is 3.56. The van der Waals surface area contributed by atoms with E-state index in [1.165, 1.54) is 32.1 Å². The van der Waals surface area contributed by atoms with Crippen molar-refractivity contribution in [3.05, 3.63) is 0 Å². The molecule has 4 heteroatoms. The number of piperidine rings is 1. The van der Waals surface area contributed by atoms with E-state index in [4.69, 9.17) is 0 Å². The summed E-state index contributed by atoms with van der Waals surface area (Å²) < 4.78 is 0. The van der Waals surface area contributed by atoms with E-state index in [0.717, 1.165) is 26.2 Å². The summed E-state index contributed by atoms with van der Waals surface area (Å²) in [7, 11) is 0. The van der Waals surface area contributed by atoms with Crippen LogP contribution in [0.5, 0.6) is 0 Å². The molecule has 0 unspecified atom stereocenters. The lowest BCUT2D eigenvalue weighted by Crippen LogP contribution is -2.38. The van der Waals surface area contributed by atoms with Crippen molar-refractivity contribution in [3.8, 4) is 0 Å². The van der Waals surface area contributed by atoms with Crippen LogP contribution in [0.4, 0.5) is 0 Å². The zero-order chi connectivity index (χ0) is 15.8. The van der Waals surface area contributed by atoms with E-state index in [1.54, 1.807) is 0 Å². The SMILES string of the molecule is C.CC(C)C(=O)N1CCCC1.CC(C)C(=O)N1CCCCC1. The Labute approximate surface area is 137 Å². The van der Waals surface area contributed by atoms with E-state index in [1.807, 2.05) is 37.5 Å². The lowest BCUT2D eigenvalue weighted by atomic mass is 10.1. The molecule has 0 aromatic rings. The van der Waals surface area contributed by atoms with Crippen molar-refractivity contribution < 1.29 is 9.59 Å². The first kappa shape index (κ1) is 20.9. The van der Waals surface area contributed by atoms with Crippen molar-refractivity contribution in [3.63, 3.8) is 0 Å². The van der Waals surface area contributed by atoms with Gasteiger partial charge in [-0.1, -0.05) is 35.1 Å². The molecule has 2 rings (SSSR count). The average Bonchev–Trinajstić information content (AvgIpc) is 3.01. The summed E-state index contributed by atoms with van der Waals surface area (Å²) in [6, 6.07) is 0. The largest absolute Gasteiger partial charge is 0.342 e. The Morgan fingerprint density at radius 1 is 0.636 bits per heavy atom. The number of rotatable bonds is 2. The average molecular weight is 312 g/mol. The minimum atomic E-state index is 0. The second kappa shape index (κ2) is 10.6. The van der Waals surface area contributed by atoms with E-state index < -0.39 is 0 Å². The van der Waals surface area contributed by atoms with Crippen molar-refractivity contribution in [1.29, 1.82) is 0 Å². The third kappa shape index (κ3) is 6.80. The molecule has 0 aromatic carbocycles. The lowest BCUT2D eigenvalue weighted by molar-refractivity contribution is -0.135. The van der Waals surface area contributed by atoms with Gasteiger partial charge in [-0.3, -0.25) is 9.59 Å². The molecule has 22 heavy (non-hydrogen) atoms. The molecule has 2 aliphatic rings. The summed E-state index contributed by atoms with van der Waals surface area (Å²) in [6.07, 6.45) is 6.07. The van der Waals surface area contributed by atoms with Gasteiger partial charge >= 0.3 is 0 Å². The highest BCUT2D eigenvalue weighted by molar-refractivity contribution is 5.78. The number of amides is 2. The first-order chi connectivity index (χ1) is 9.93. The predicted molar refractivity (Wildman–Crippen MR) is 92.7 cm³/mol. The van der Waals surface area contributed by atoms with Crippen LogP contribution in [0, 0.1) is 11.8 Å². The first-order valence-electron chi connectivity index (χ1n) is 8.51. The number of carbonyl (C=O) groups is 2. The second-order valence-electron chi connectivity index (χ2n) is 6.73. The van der Waals surface area contributed by atoms with Crippen molar-refractivity contribution >= 4 is 11.8 Å². The van der Waals surface area contributed by atoms with Gasteiger partial charge in [0.2, 0.25) is 11.8 Å². The molecule has 0 aliphatic carbocycles. The molecule has 0 bridgehead atoms. The summed E-state index contributed by atoms with van der Waals surface area (Å²) in [4.78, 5) is 26.7. The highest BCUT2D eigenvalue weighted by Gasteiger charge is 2.20. The minimum absolute atomic E-state index is 0. The molecular formula is C18H36N2O2. The smallest absolute Gasteiger partial charge is 0.225 e. The zero-order valence-corrected chi connectivity index (χ0v) is 14.2.